The maximum absolute atomic E-state index is 11.7. The van der Waals surface area contributed by atoms with Gasteiger partial charge in [-0.2, -0.15) is 0 Å². The number of amides is 2. The highest BCUT2D eigenvalue weighted by Gasteiger charge is 2.16. The summed E-state index contributed by atoms with van der Waals surface area (Å²) < 4.78 is 0. The number of aliphatic carboxylic acids is 1. The molecular weight excluding hydrogens is 258 g/mol. The van der Waals surface area contributed by atoms with Gasteiger partial charge in [-0.1, -0.05) is 13.8 Å². The molecule has 0 saturated heterocycles. The molecule has 2 unspecified atom stereocenters. The fraction of sp³-hybridized carbons (Fsp3) is 0.857. The van der Waals surface area contributed by atoms with Crippen LogP contribution in [-0.2, 0) is 4.79 Å². The number of nitrogens with one attached hydrogen (secondary N) is 2. The van der Waals surface area contributed by atoms with Crippen LogP contribution < -0.4 is 10.6 Å². The van der Waals surface area contributed by atoms with Crippen LogP contribution in [0.4, 0.5) is 4.79 Å². The summed E-state index contributed by atoms with van der Waals surface area (Å²) in [5, 5.41) is 14.4. The molecule has 6 heteroatoms. The van der Waals surface area contributed by atoms with Gasteiger partial charge in [0.1, 0.15) is 0 Å². The van der Waals surface area contributed by atoms with Gasteiger partial charge in [0.05, 0.1) is 0 Å². The van der Waals surface area contributed by atoms with Crippen LogP contribution in [0.5, 0.6) is 0 Å². The highest BCUT2D eigenvalue weighted by Crippen LogP contribution is 2.14. The van der Waals surface area contributed by atoms with E-state index in [0.717, 1.165) is 6.42 Å². The van der Waals surface area contributed by atoms with Gasteiger partial charge in [0.25, 0.3) is 0 Å². The Morgan fingerprint density at radius 3 is 2.10 bits per heavy atom. The fourth-order valence-electron chi connectivity index (χ4n) is 1.87. The molecule has 3 N–H and O–H groups in total. The second kappa shape index (κ2) is 9.58. The van der Waals surface area contributed by atoms with E-state index in [1.807, 2.05) is 39.8 Å². The molecule has 0 bridgehead atoms. The van der Waals surface area contributed by atoms with Crippen molar-refractivity contribution in [1.82, 2.24) is 15.5 Å². The second-order valence-corrected chi connectivity index (χ2v) is 6.00. The van der Waals surface area contributed by atoms with Gasteiger partial charge in [-0.3, -0.25) is 4.79 Å². The van der Waals surface area contributed by atoms with Crippen molar-refractivity contribution in [3.05, 3.63) is 0 Å². The van der Waals surface area contributed by atoms with Gasteiger partial charge < -0.3 is 20.6 Å². The molecule has 0 spiro atoms. The Morgan fingerprint density at radius 1 is 1.10 bits per heavy atom. The van der Waals surface area contributed by atoms with E-state index in [2.05, 4.69) is 10.6 Å². The minimum absolute atomic E-state index is 0.0236. The summed E-state index contributed by atoms with van der Waals surface area (Å²) in [7, 11) is 3.91. The first-order valence-electron chi connectivity index (χ1n) is 7.12. The van der Waals surface area contributed by atoms with Crippen LogP contribution >= 0.6 is 0 Å². The number of carboxylic acids is 1. The number of hydrogen-bond donors (Lipinski definition) is 3. The molecular formula is C14H29N3O3. The van der Waals surface area contributed by atoms with Crippen molar-refractivity contribution >= 4 is 12.0 Å². The first-order valence-corrected chi connectivity index (χ1v) is 7.12. The van der Waals surface area contributed by atoms with E-state index in [9.17, 15) is 9.59 Å². The third-order valence-corrected chi connectivity index (χ3v) is 3.26. The Balaban J connectivity index is 4.06. The van der Waals surface area contributed by atoms with E-state index in [4.69, 9.17) is 5.11 Å². The number of likely N-dealkylation sites (N-methyl/N-ethyl adjacent to an activating group) is 1. The molecule has 0 heterocycles. The minimum atomic E-state index is -0.820. The standard InChI is InChI=1S/C14H29N3O3/c1-10(2)6-12(7-13(18)19)9-16-14(20)15-8-11(3)17(4)5/h10-12H,6-9H2,1-5H3,(H,18,19)(H2,15,16,20). The van der Waals surface area contributed by atoms with Gasteiger partial charge in [-0.05, 0) is 39.3 Å². The van der Waals surface area contributed by atoms with Crippen molar-refractivity contribution in [3.63, 3.8) is 0 Å². The molecule has 0 aromatic heterocycles. The van der Waals surface area contributed by atoms with Gasteiger partial charge in [0.2, 0.25) is 0 Å². The largest absolute Gasteiger partial charge is 0.481 e. The van der Waals surface area contributed by atoms with Crippen LogP contribution in [0.3, 0.4) is 0 Å². The molecule has 0 saturated carbocycles. The summed E-state index contributed by atoms with van der Waals surface area (Å²) in [5.74, 6) is -0.429. The summed E-state index contributed by atoms with van der Waals surface area (Å²) in [5.41, 5.74) is 0. The SMILES string of the molecule is CC(C)CC(CNC(=O)NCC(C)N(C)C)CC(=O)O. The minimum Gasteiger partial charge on any atom is -0.481 e. The van der Waals surface area contributed by atoms with Crippen LogP contribution in [-0.4, -0.2) is 55.2 Å². The van der Waals surface area contributed by atoms with Gasteiger partial charge >= 0.3 is 12.0 Å². The van der Waals surface area contributed by atoms with Crippen LogP contribution in [0.2, 0.25) is 0 Å². The molecule has 20 heavy (non-hydrogen) atoms. The lowest BCUT2D eigenvalue weighted by Gasteiger charge is -2.21. The molecule has 0 aromatic rings. The van der Waals surface area contributed by atoms with E-state index < -0.39 is 5.97 Å². The highest BCUT2D eigenvalue weighted by molar-refractivity contribution is 5.74. The Kier molecular flexibility index (Phi) is 8.96. The molecule has 0 fully saturated rings. The maximum atomic E-state index is 11.7. The number of carbonyl (C=O) groups is 2. The number of rotatable bonds is 9. The second-order valence-electron chi connectivity index (χ2n) is 6.00. The third kappa shape index (κ3) is 9.61. The van der Waals surface area contributed by atoms with E-state index >= 15 is 0 Å². The Labute approximate surface area is 121 Å². The Morgan fingerprint density at radius 2 is 1.65 bits per heavy atom. The lowest BCUT2D eigenvalue weighted by atomic mass is 9.94. The monoisotopic (exact) mass is 287 g/mol. The van der Waals surface area contributed by atoms with Crippen molar-refractivity contribution in [2.75, 3.05) is 27.2 Å². The fourth-order valence-corrected chi connectivity index (χ4v) is 1.87. The van der Waals surface area contributed by atoms with Crippen LogP contribution in [0.15, 0.2) is 0 Å². The lowest BCUT2D eigenvalue weighted by molar-refractivity contribution is -0.138. The molecule has 6 nitrogen and oxygen atoms in total. The maximum Gasteiger partial charge on any atom is 0.314 e. The average molecular weight is 287 g/mol. The molecule has 2 amide bonds. The topological polar surface area (TPSA) is 81.7 Å². The van der Waals surface area contributed by atoms with Crippen LogP contribution in [0.1, 0.15) is 33.6 Å². The smallest absolute Gasteiger partial charge is 0.314 e. The van der Waals surface area contributed by atoms with Gasteiger partial charge in [-0.15, -0.1) is 0 Å². The van der Waals surface area contributed by atoms with Gasteiger partial charge in [-0.25, -0.2) is 4.79 Å². The van der Waals surface area contributed by atoms with Crippen LogP contribution in [0.25, 0.3) is 0 Å². The first-order chi connectivity index (χ1) is 9.22. The van der Waals surface area contributed by atoms with Gasteiger partial charge in [0.15, 0.2) is 0 Å². The number of carbonyl (C=O) groups excluding carboxylic acids is 1. The Bertz CT molecular complexity index is 306. The molecule has 0 radical (unpaired) electrons. The van der Waals surface area contributed by atoms with E-state index in [1.54, 1.807) is 0 Å². The number of urea groups is 1. The third-order valence-electron chi connectivity index (χ3n) is 3.26. The van der Waals surface area contributed by atoms with E-state index in [0.29, 0.717) is 19.0 Å². The summed E-state index contributed by atoms with van der Waals surface area (Å²) in [6, 6.07) is 0.0177. The lowest BCUT2D eigenvalue weighted by Crippen LogP contribution is -2.44. The zero-order valence-electron chi connectivity index (χ0n) is 13.3. The highest BCUT2D eigenvalue weighted by atomic mass is 16.4. The van der Waals surface area contributed by atoms with Crippen molar-refractivity contribution in [1.29, 1.82) is 0 Å². The number of nitrogens with zero attached hydrogens (tertiary/aromatic N) is 1. The van der Waals surface area contributed by atoms with Crippen molar-refractivity contribution < 1.29 is 14.7 Å². The zero-order chi connectivity index (χ0) is 15.7. The normalized spacial score (nSPS) is 14.2. The zero-order valence-corrected chi connectivity index (χ0v) is 13.3. The molecule has 0 aromatic carbocycles. The molecule has 0 rings (SSSR count). The number of carboxylic acid groups (broad SMARTS) is 1. The molecule has 2 atom stereocenters. The summed E-state index contributed by atoms with van der Waals surface area (Å²) in [6.45, 7) is 7.08. The first kappa shape index (κ1) is 18.7. The summed E-state index contributed by atoms with van der Waals surface area (Å²) in [6.07, 6.45) is 0.882. The van der Waals surface area contributed by atoms with Crippen molar-refractivity contribution in [2.24, 2.45) is 11.8 Å². The summed E-state index contributed by atoms with van der Waals surface area (Å²) in [4.78, 5) is 24.5. The van der Waals surface area contributed by atoms with Crippen LogP contribution in [0, 0.1) is 11.8 Å². The number of hydrogen-bond acceptors (Lipinski definition) is 3. The summed E-state index contributed by atoms with van der Waals surface area (Å²) >= 11 is 0. The van der Waals surface area contributed by atoms with E-state index in [1.165, 1.54) is 0 Å². The van der Waals surface area contributed by atoms with Crippen molar-refractivity contribution in [2.45, 2.75) is 39.7 Å². The molecule has 0 aliphatic rings. The van der Waals surface area contributed by atoms with Gasteiger partial charge in [0, 0.05) is 25.6 Å². The predicted octanol–water partition coefficient (Wildman–Crippen LogP) is 1.37. The molecule has 118 valence electrons. The van der Waals surface area contributed by atoms with E-state index in [-0.39, 0.29) is 24.4 Å². The molecule has 0 aliphatic carbocycles. The molecule has 0 aliphatic heterocycles. The Hall–Kier alpha value is -1.30. The average Bonchev–Trinajstić information content (AvgIpc) is 2.31. The quantitative estimate of drug-likeness (QED) is 0.598. The predicted molar refractivity (Wildman–Crippen MR) is 79.7 cm³/mol. The van der Waals surface area contributed by atoms with Crippen molar-refractivity contribution in [3.8, 4) is 0 Å².